The Bertz CT molecular complexity index is 672. The molecule has 0 aliphatic carbocycles. The number of nitrogens with two attached hydrogens (primary N) is 1. The fraction of sp³-hybridized carbons (Fsp3) is 0.308. The monoisotopic (exact) mass is 277 g/mol. The van der Waals surface area contributed by atoms with Crippen LogP contribution in [-0.4, -0.2) is 25.8 Å². The third kappa shape index (κ3) is 2.62. The van der Waals surface area contributed by atoms with Crippen LogP contribution in [0.3, 0.4) is 0 Å². The smallest absolute Gasteiger partial charge is 0.245 e. The highest BCUT2D eigenvalue weighted by Crippen LogP contribution is 2.25. The van der Waals surface area contributed by atoms with E-state index in [-0.39, 0.29) is 10.6 Å². The molecule has 2 N–H and O–H groups in total. The molecule has 5 nitrogen and oxygen atoms in total. The SMILES string of the molecule is CC1=CCN(S(=O)(=O)c2ccc(C#N)cc2N)CC1. The maximum Gasteiger partial charge on any atom is 0.245 e. The van der Waals surface area contributed by atoms with Crippen molar-refractivity contribution < 1.29 is 8.42 Å². The lowest BCUT2D eigenvalue weighted by molar-refractivity contribution is 0.431. The molecule has 0 bridgehead atoms. The molecule has 0 atom stereocenters. The van der Waals surface area contributed by atoms with Crippen LogP contribution in [0.1, 0.15) is 18.9 Å². The summed E-state index contributed by atoms with van der Waals surface area (Å²) in [7, 11) is -3.59. The third-order valence-electron chi connectivity index (χ3n) is 3.16. The van der Waals surface area contributed by atoms with Crippen LogP contribution in [0.5, 0.6) is 0 Å². The molecule has 1 aliphatic rings. The fourth-order valence-corrected chi connectivity index (χ4v) is 3.44. The van der Waals surface area contributed by atoms with Crippen molar-refractivity contribution in [1.29, 1.82) is 5.26 Å². The molecule has 0 saturated carbocycles. The molecule has 0 spiro atoms. The highest BCUT2D eigenvalue weighted by Gasteiger charge is 2.27. The number of rotatable bonds is 2. The summed E-state index contributed by atoms with van der Waals surface area (Å²) in [6.45, 7) is 2.82. The molecule has 0 aromatic heterocycles. The van der Waals surface area contributed by atoms with Crippen LogP contribution in [0.25, 0.3) is 0 Å². The van der Waals surface area contributed by atoms with Crippen molar-refractivity contribution in [1.82, 2.24) is 4.31 Å². The van der Waals surface area contributed by atoms with Crippen molar-refractivity contribution in [3.63, 3.8) is 0 Å². The van der Waals surface area contributed by atoms with Crippen LogP contribution in [0.4, 0.5) is 5.69 Å². The van der Waals surface area contributed by atoms with E-state index in [2.05, 4.69) is 0 Å². The third-order valence-corrected chi connectivity index (χ3v) is 5.09. The van der Waals surface area contributed by atoms with Crippen molar-refractivity contribution in [2.45, 2.75) is 18.2 Å². The van der Waals surface area contributed by atoms with Gasteiger partial charge in [-0.2, -0.15) is 9.57 Å². The highest BCUT2D eigenvalue weighted by molar-refractivity contribution is 7.89. The number of hydrogen-bond donors (Lipinski definition) is 1. The second-order valence-corrected chi connectivity index (χ2v) is 6.43. The molecule has 100 valence electrons. The Kier molecular flexibility index (Phi) is 3.60. The van der Waals surface area contributed by atoms with Crippen molar-refractivity contribution in [2.24, 2.45) is 0 Å². The van der Waals surface area contributed by atoms with E-state index in [0.717, 1.165) is 6.42 Å². The first-order chi connectivity index (χ1) is 8.95. The van der Waals surface area contributed by atoms with Crippen LogP contribution in [0.15, 0.2) is 34.7 Å². The molecule has 1 aliphatic heterocycles. The highest BCUT2D eigenvalue weighted by atomic mass is 32.2. The molecule has 1 heterocycles. The van der Waals surface area contributed by atoms with E-state index in [0.29, 0.717) is 18.7 Å². The van der Waals surface area contributed by atoms with Gasteiger partial charge in [-0.15, -0.1) is 0 Å². The van der Waals surface area contributed by atoms with E-state index >= 15 is 0 Å². The number of sulfonamides is 1. The minimum atomic E-state index is -3.59. The standard InChI is InChI=1S/C13H15N3O2S/c1-10-4-6-16(7-5-10)19(17,18)13-3-2-11(9-14)8-12(13)15/h2-4,8H,5-7,15H2,1H3. The average Bonchev–Trinajstić information content (AvgIpc) is 2.38. The predicted octanol–water partition coefficient (Wildman–Crippen LogP) is 1.48. The molecular weight excluding hydrogens is 262 g/mol. The number of nitriles is 1. The van der Waals surface area contributed by atoms with Gasteiger partial charge in [-0.3, -0.25) is 0 Å². The van der Waals surface area contributed by atoms with E-state index in [1.165, 1.54) is 28.1 Å². The molecule has 6 heteroatoms. The van der Waals surface area contributed by atoms with Crippen LogP contribution in [-0.2, 0) is 10.0 Å². The summed E-state index contributed by atoms with van der Waals surface area (Å²) in [4.78, 5) is 0.0689. The zero-order valence-corrected chi connectivity index (χ0v) is 11.4. The molecule has 1 aromatic rings. The van der Waals surface area contributed by atoms with Crippen LogP contribution >= 0.6 is 0 Å². The zero-order chi connectivity index (χ0) is 14.0. The Morgan fingerprint density at radius 3 is 2.68 bits per heavy atom. The van der Waals surface area contributed by atoms with Gasteiger partial charge in [0.05, 0.1) is 17.3 Å². The van der Waals surface area contributed by atoms with Gasteiger partial charge in [-0.1, -0.05) is 11.6 Å². The Morgan fingerprint density at radius 2 is 2.16 bits per heavy atom. The maximum atomic E-state index is 12.4. The minimum absolute atomic E-state index is 0.0689. The number of benzene rings is 1. The maximum absolute atomic E-state index is 12.4. The topological polar surface area (TPSA) is 87.2 Å². The minimum Gasteiger partial charge on any atom is -0.398 e. The lowest BCUT2D eigenvalue weighted by Crippen LogP contribution is -2.35. The first-order valence-corrected chi connectivity index (χ1v) is 7.34. The number of anilines is 1. The van der Waals surface area contributed by atoms with Gasteiger partial charge < -0.3 is 5.73 Å². The van der Waals surface area contributed by atoms with Gasteiger partial charge in [0, 0.05) is 13.1 Å². The molecule has 0 fully saturated rings. The van der Waals surface area contributed by atoms with E-state index in [4.69, 9.17) is 11.0 Å². The molecule has 1 aromatic carbocycles. The van der Waals surface area contributed by atoms with E-state index in [9.17, 15) is 8.42 Å². The normalized spacial score (nSPS) is 16.7. The summed E-state index contributed by atoms with van der Waals surface area (Å²) < 4.78 is 26.3. The summed E-state index contributed by atoms with van der Waals surface area (Å²) in [5.74, 6) is 0. The van der Waals surface area contributed by atoms with E-state index in [1.54, 1.807) is 0 Å². The Morgan fingerprint density at radius 1 is 1.42 bits per heavy atom. The number of nitrogens with zero attached hydrogens (tertiary/aromatic N) is 2. The second kappa shape index (κ2) is 5.03. The van der Waals surface area contributed by atoms with Gasteiger partial charge in [0.25, 0.3) is 0 Å². The van der Waals surface area contributed by atoms with Gasteiger partial charge >= 0.3 is 0 Å². The molecule has 0 saturated heterocycles. The van der Waals surface area contributed by atoms with Gasteiger partial charge in [-0.25, -0.2) is 8.42 Å². The van der Waals surface area contributed by atoms with Crippen molar-refractivity contribution in [2.75, 3.05) is 18.8 Å². The average molecular weight is 277 g/mol. The van der Waals surface area contributed by atoms with Gasteiger partial charge in [0.1, 0.15) is 4.90 Å². The number of hydrogen-bond acceptors (Lipinski definition) is 4. The van der Waals surface area contributed by atoms with Crippen molar-refractivity contribution in [3.05, 3.63) is 35.4 Å². The molecule has 2 rings (SSSR count). The van der Waals surface area contributed by atoms with E-state index < -0.39 is 10.0 Å². The van der Waals surface area contributed by atoms with Gasteiger partial charge in [0.2, 0.25) is 10.0 Å². The lowest BCUT2D eigenvalue weighted by Gasteiger charge is -2.25. The Labute approximate surface area is 113 Å². The van der Waals surface area contributed by atoms with E-state index in [1.807, 2.05) is 19.1 Å². The zero-order valence-electron chi connectivity index (χ0n) is 10.6. The summed E-state index contributed by atoms with van der Waals surface area (Å²) in [6.07, 6.45) is 2.64. The predicted molar refractivity (Wildman–Crippen MR) is 72.7 cm³/mol. The summed E-state index contributed by atoms with van der Waals surface area (Å²) in [6, 6.07) is 6.18. The Hall–Kier alpha value is -1.84. The molecule has 0 amide bonds. The molecule has 0 unspecified atom stereocenters. The van der Waals surface area contributed by atoms with Gasteiger partial charge in [0.15, 0.2) is 0 Å². The molecule has 0 radical (unpaired) electrons. The van der Waals surface area contributed by atoms with Gasteiger partial charge in [-0.05, 0) is 31.5 Å². The first kappa shape index (κ1) is 13.6. The first-order valence-electron chi connectivity index (χ1n) is 5.90. The van der Waals surface area contributed by atoms with Crippen molar-refractivity contribution >= 4 is 15.7 Å². The summed E-state index contributed by atoms with van der Waals surface area (Å²) >= 11 is 0. The lowest BCUT2D eigenvalue weighted by atomic mass is 10.1. The van der Waals surface area contributed by atoms with Crippen molar-refractivity contribution in [3.8, 4) is 6.07 Å². The molecular formula is C13H15N3O2S. The van der Waals surface area contributed by atoms with Crippen LogP contribution in [0.2, 0.25) is 0 Å². The largest absolute Gasteiger partial charge is 0.398 e. The fourth-order valence-electron chi connectivity index (χ4n) is 1.96. The summed E-state index contributed by atoms with van der Waals surface area (Å²) in [5.41, 5.74) is 7.41. The number of nitrogen functional groups attached to an aromatic ring is 1. The molecule has 19 heavy (non-hydrogen) atoms. The quantitative estimate of drug-likeness (QED) is 0.655. The second-order valence-electron chi connectivity index (χ2n) is 4.53. The van der Waals surface area contributed by atoms with Crippen LogP contribution in [0, 0.1) is 11.3 Å². The summed E-state index contributed by atoms with van der Waals surface area (Å²) in [5, 5.41) is 8.76. The Balaban J connectivity index is 2.38. The van der Waals surface area contributed by atoms with Crippen LogP contribution < -0.4 is 5.73 Å².